The predicted octanol–water partition coefficient (Wildman–Crippen LogP) is 4.16. The summed E-state index contributed by atoms with van der Waals surface area (Å²) in [4.78, 5) is 25.3. The number of rotatable bonds is 11. The third kappa shape index (κ3) is 7.67. The van der Waals surface area contributed by atoms with Crippen LogP contribution in [0.4, 0.5) is 8.78 Å². The number of nitrogens with zero attached hydrogens (tertiary/aromatic N) is 1. The predicted molar refractivity (Wildman–Crippen MR) is 152 cm³/mol. The number of amides is 1. The van der Waals surface area contributed by atoms with Gasteiger partial charge in [0.25, 0.3) is 5.91 Å². The molecule has 2 aliphatic heterocycles. The first kappa shape index (κ1) is 32.3. The maximum Gasteiger partial charge on any atom is 0.459 e. The first-order valence-corrected chi connectivity index (χ1v) is 15.0. The molecule has 1 amide bonds. The van der Waals surface area contributed by atoms with E-state index < -0.39 is 62.5 Å². The van der Waals surface area contributed by atoms with Crippen molar-refractivity contribution in [1.29, 1.82) is 0 Å². The van der Waals surface area contributed by atoms with Gasteiger partial charge in [0.05, 0.1) is 12.7 Å². The SMILES string of the molecule is C=C1NC(=O)C=CN1[C@@H]1O[C@H](COP(=O)(N[C@@H](C)C(=O)OC(C)C)Oc2ccc(-c3ccc(F)cc3)cc2)[C@@H](O)[C@@]1(C)F. The molecule has 0 saturated carbocycles. The highest BCUT2D eigenvalue weighted by atomic mass is 31.2. The maximum absolute atomic E-state index is 15.7. The fourth-order valence-corrected chi connectivity index (χ4v) is 5.93. The zero-order valence-corrected chi connectivity index (χ0v) is 24.9. The monoisotopic (exact) mass is 621 g/mol. The maximum atomic E-state index is 15.7. The molecule has 6 atom stereocenters. The minimum atomic E-state index is -4.40. The van der Waals surface area contributed by atoms with E-state index in [1.54, 1.807) is 38.1 Å². The van der Waals surface area contributed by atoms with Gasteiger partial charge in [0.15, 0.2) is 11.9 Å². The van der Waals surface area contributed by atoms with Gasteiger partial charge in [-0.3, -0.25) is 14.1 Å². The number of hydrogen-bond acceptors (Lipinski definition) is 9. The summed E-state index contributed by atoms with van der Waals surface area (Å²) < 4.78 is 65.2. The highest BCUT2D eigenvalue weighted by Gasteiger charge is 2.57. The van der Waals surface area contributed by atoms with Crippen molar-refractivity contribution in [1.82, 2.24) is 15.3 Å². The van der Waals surface area contributed by atoms with Crippen molar-refractivity contribution in [2.24, 2.45) is 0 Å². The van der Waals surface area contributed by atoms with Gasteiger partial charge in [-0.2, -0.15) is 5.09 Å². The van der Waals surface area contributed by atoms with Crippen molar-refractivity contribution in [2.75, 3.05) is 6.61 Å². The topological polar surface area (TPSA) is 136 Å². The van der Waals surface area contributed by atoms with Crippen molar-refractivity contribution in [2.45, 2.75) is 63.9 Å². The second-order valence-corrected chi connectivity index (χ2v) is 12.2. The molecule has 43 heavy (non-hydrogen) atoms. The zero-order valence-electron chi connectivity index (χ0n) is 24.0. The Morgan fingerprint density at radius 2 is 1.79 bits per heavy atom. The lowest BCUT2D eigenvalue weighted by atomic mass is 9.98. The fourth-order valence-electron chi connectivity index (χ4n) is 4.43. The molecule has 1 saturated heterocycles. The molecule has 3 N–H and O–H groups in total. The number of aliphatic hydroxyl groups excluding tert-OH is 1. The van der Waals surface area contributed by atoms with Crippen LogP contribution in [-0.2, 0) is 28.2 Å². The Bertz CT molecular complexity index is 1420. The molecule has 232 valence electrons. The smallest absolute Gasteiger partial charge is 0.459 e. The molecule has 1 unspecified atom stereocenters. The average Bonchev–Trinajstić information content (AvgIpc) is 3.16. The molecule has 0 aromatic heterocycles. The van der Waals surface area contributed by atoms with E-state index in [9.17, 15) is 23.7 Å². The van der Waals surface area contributed by atoms with E-state index in [-0.39, 0.29) is 17.4 Å². The number of carbonyl (C=O) groups is 2. The summed E-state index contributed by atoms with van der Waals surface area (Å²) in [7, 11) is -4.40. The Labute approximate surface area is 248 Å². The van der Waals surface area contributed by atoms with E-state index in [1.165, 1.54) is 42.3 Å². The third-order valence-corrected chi connectivity index (χ3v) is 8.30. The number of hydrogen-bond donors (Lipinski definition) is 3. The number of halogens is 2. The van der Waals surface area contributed by atoms with Crippen molar-refractivity contribution < 1.29 is 46.6 Å². The van der Waals surface area contributed by atoms with Crippen LogP contribution >= 0.6 is 7.75 Å². The molecular formula is C29H34F2N3O8P. The molecule has 14 heteroatoms. The summed E-state index contributed by atoms with van der Waals surface area (Å²) >= 11 is 0. The Hall–Kier alpha value is -3.61. The van der Waals surface area contributed by atoms with E-state index >= 15 is 4.39 Å². The van der Waals surface area contributed by atoms with Crippen LogP contribution in [0.1, 0.15) is 27.7 Å². The van der Waals surface area contributed by atoms with Crippen molar-refractivity contribution in [3.8, 4) is 16.9 Å². The van der Waals surface area contributed by atoms with Gasteiger partial charge in [-0.1, -0.05) is 30.8 Å². The first-order valence-electron chi connectivity index (χ1n) is 13.5. The number of nitrogens with one attached hydrogen (secondary N) is 2. The standard InChI is InChI=1S/C29H34F2N3O8P/c1-17(2)40-27(37)18(3)33-43(38,42-23-12-8-21(9-13-23)20-6-10-22(30)11-7-20)39-16-24-26(36)29(5,31)28(41-24)34-15-14-25(35)32-19(34)4/h6-15,17-18,24,26,28,36H,4,16H2,1-3,5H3,(H,32,35)(H,33,38)/t18-,24+,26+,28+,29+,43?/m0/s1. The summed E-state index contributed by atoms with van der Waals surface area (Å²) in [6, 6.07) is 11.0. The molecule has 2 aromatic rings. The van der Waals surface area contributed by atoms with E-state index in [0.29, 0.717) is 0 Å². The molecule has 4 rings (SSSR count). The Balaban J connectivity index is 1.52. The van der Waals surface area contributed by atoms with Crippen LogP contribution < -0.4 is 14.9 Å². The molecule has 2 heterocycles. The average molecular weight is 622 g/mol. The molecule has 0 radical (unpaired) electrons. The van der Waals surface area contributed by atoms with Gasteiger partial charge in [0.1, 0.15) is 35.6 Å². The number of aliphatic hydroxyl groups is 1. The van der Waals surface area contributed by atoms with Crippen LogP contribution in [0.25, 0.3) is 11.1 Å². The fraction of sp³-hybridized carbons (Fsp3) is 0.379. The van der Waals surface area contributed by atoms with Gasteiger partial charge in [0.2, 0.25) is 0 Å². The van der Waals surface area contributed by atoms with Crippen molar-refractivity contribution in [3.05, 3.63) is 79.0 Å². The third-order valence-electron chi connectivity index (χ3n) is 6.66. The number of benzene rings is 2. The number of ether oxygens (including phenoxy) is 2. The zero-order chi connectivity index (χ0) is 31.5. The Morgan fingerprint density at radius 3 is 2.37 bits per heavy atom. The van der Waals surface area contributed by atoms with Crippen LogP contribution in [-0.4, -0.2) is 64.7 Å². The van der Waals surface area contributed by atoms with Crippen LogP contribution in [0.3, 0.4) is 0 Å². The Kier molecular flexibility index (Phi) is 9.73. The summed E-state index contributed by atoms with van der Waals surface area (Å²) in [5.74, 6) is -1.43. The van der Waals surface area contributed by atoms with Gasteiger partial charge in [-0.15, -0.1) is 0 Å². The summed E-state index contributed by atoms with van der Waals surface area (Å²) in [6.45, 7) is 8.89. The highest BCUT2D eigenvalue weighted by molar-refractivity contribution is 7.52. The molecule has 2 aromatic carbocycles. The van der Waals surface area contributed by atoms with E-state index in [2.05, 4.69) is 17.0 Å². The van der Waals surface area contributed by atoms with E-state index in [1.807, 2.05) is 0 Å². The lowest BCUT2D eigenvalue weighted by Gasteiger charge is -2.35. The molecule has 0 spiro atoms. The lowest BCUT2D eigenvalue weighted by Crippen LogP contribution is -2.51. The molecule has 11 nitrogen and oxygen atoms in total. The van der Waals surface area contributed by atoms with Gasteiger partial charge in [-0.25, -0.2) is 13.3 Å². The second-order valence-electron chi connectivity index (χ2n) is 10.5. The van der Waals surface area contributed by atoms with Gasteiger partial charge in [-0.05, 0) is 63.1 Å². The minimum Gasteiger partial charge on any atom is -0.462 e. The summed E-state index contributed by atoms with van der Waals surface area (Å²) in [5.41, 5.74) is -0.908. The first-order chi connectivity index (χ1) is 20.2. The molecule has 0 bridgehead atoms. The van der Waals surface area contributed by atoms with E-state index in [0.717, 1.165) is 24.1 Å². The van der Waals surface area contributed by atoms with Crippen molar-refractivity contribution >= 4 is 19.6 Å². The van der Waals surface area contributed by atoms with Gasteiger partial charge >= 0.3 is 13.7 Å². The van der Waals surface area contributed by atoms with Crippen LogP contribution in [0, 0.1) is 5.82 Å². The molecule has 0 aliphatic carbocycles. The largest absolute Gasteiger partial charge is 0.462 e. The number of esters is 1. The lowest BCUT2D eigenvalue weighted by molar-refractivity contribution is -0.149. The van der Waals surface area contributed by atoms with Crippen LogP contribution in [0.5, 0.6) is 5.75 Å². The van der Waals surface area contributed by atoms with E-state index in [4.69, 9.17) is 18.5 Å². The number of alkyl halides is 1. The summed E-state index contributed by atoms with van der Waals surface area (Å²) in [6.07, 6.45) is -2.52. The normalized spacial score (nSPS) is 25.8. The van der Waals surface area contributed by atoms with Crippen LogP contribution in [0.15, 0.2) is 73.2 Å². The molecule has 1 fully saturated rings. The van der Waals surface area contributed by atoms with Gasteiger partial charge in [0, 0.05) is 12.3 Å². The second kappa shape index (κ2) is 12.9. The molecular weight excluding hydrogens is 587 g/mol. The highest BCUT2D eigenvalue weighted by Crippen LogP contribution is 2.47. The van der Waals surface area contributed by atoms with Crippen molar-refractivity contribution in [3.63, 3.8) is 0 Å². The quantitative estimate of drug-likeness (QED) is 0.248. The minimum absolute atomic E-state index is 0.0346. The van der Waals surface area contributed by atoms with Crippen LogP contribution in [0.2, 0.25) is 0 Å². The Morgan fingerprint density at radius 1 is 1.19 bits per heavy atom. The summed E-state index contributed by atoms with van der Waals surface area (Å²) in [5, 5.41) is 15.7. The molecule has 2 aliphatic rings. The van der Waals surface area contributed by atoms with Gasteiger partial charge < -0.3 is 29.3 Å². The number of carbonyl (C=O) groups excluding carboxylic acids is 2.